The first-order chi connectivity index (χ1) is 14.4. The van der Waals surface area contributed by atoms with Gasteiger partial charge in [-0.05, 0) is 13.0 Å². The fraction of sp³-hybridized carbons (Fsp3) is 0.263. The maximum absolute atomic E-state index is 12.4. The SMILES string of the molecule is CCOC(=O)C1=C(COC(=O)CNC(=O)c2sc3ccccc3c2Cl)NC(=O)NC1. The first-order valence-corrected chi connectivity index (χ1v) is 10.1. The molecule has 0 aliphatic carbocycles. The van der Waals surface area contributed by atoms with Crippen LogP contribution in [-0.2, 0) is 19.1 Å². The van der Waals surface area contributed by atoms with E-state index in [0.717, 1.165) is 10.1 Å². The Bertz CT molecular complexity index is 1050. The van der Waals surface area contributed by atoms with Gasteiger partial charge in [-0.15, -0.1) is 11.3 Å². The van der Waals surface area contributed by atoms with Gasteiger partial charge in [0.15, 0.2) is 0 Å². The molecule has 3 amide bonds. The predicted octanol–water partition coefficient (Wildman–Crippen LogP) is 1.96. The van der Waals surface area contributed by atoms with E-state index < -0.39 is 30.4 Å². The van der Waals surface area contributed by atoms with Crippen LogP contribution in [0.25, 0.3) is 10.1 Å². The minimum Gasteiger partial charge on any atom is -0.463 e. The lowest BCUT2D eigenvalue weighted by molar-refractivity contribution is -0.142. The molecule has 1 aromatic heterocycles. The third-order valence-electron chi connectivity index (χ3n) is 4.09. The second-order valence-corrected chi connectivity index (χ2v) is 7.50. The number of carbonyl (C=O) groups is 4. The van der Waals surface area contributed by atoms with Crippen molar-refractivity contribution in [2.45, 2.75) is 6.92 Å². The van der Waals surface area contributed by atoms with Crippen molar-refractivity contribution in [3.63, 3.8) is 0 Å². The van der Waals surface area contributed by atoms with Gasteiger partial charge in [0.1, 0.15) is 18.0 Å². The van der Waals surface area contributed by atoms with E-state index in [-0.39, 0.29) is 31.0 Å². The van der Waals surface area contributed by atoms with Crippen LogP contribution >= 0.6 is 22.9 Å². The second kappa shape index (κ2) is 9.59. The summed E-state index contributed by atoms with van der Waals surface area (Å²) in [6.07, 6.45) is 0. The van der Waals surface area contributed by atoms with Crippen LogP contribution in [0.2, 0.25) is 5.02 Å². The van der Waals surface area contributed by atoms with Crippen molar-refractivity contribution in [1.29, 1.82) is 0 Å². The minimum atomic E-state index is -0.746. The number of urea groups is 1. The number of benzene rings is 1. The third kappa shape index (κ3) is 4.89. The summed E-state index contributed by atoms with van der Waals surface area (Å²) < 4.78 is 10.9. The number of fused-ring (bicyclic) bond motifs is 1. The summed E-state index contributed by atoms with van der Waals surface area (Å²) in [5, 5.41) is 8.41. The largest absolute Gasteiger partial charge is 0.463 e. The van der Waals surface area contributed by atoms with Crippen LogP contribution in [0, 0.1) is 0 Å². The summed E-state index contributed by atoms with van der Waals surface area (Å²) in [4.78, 5) is 48.2. The van der Waals surface area contributed by atoms with E-state index in [1.807, 2.05) is 18.2 Å². The fourth-order valence-corrected chi connectivity index (χ4v) is 4.10. The van der Waals surface area contributed by atoms with Crippen LogP contribution in [0.4, 0.5) is 4.79 Å². The van der Waals surface area contributed by atoms with Gasteiger partial charge in [0.2, 0.25) is 0 Å². The van der Waals surface area contributed by atoms with Crippen molar-refractivity contribution >= 4 is 56.9 Å². The summed E-state index contributed by atoms with van der Waals surface area (Å²) >= 11 is 7.47. The van der Waals surface area contributed by atoms with Crippen molar-refractivity contribution in [3.8, 4) is 0 Å². The molecule has 2 aromatic rings. The highest BCUT2D eigenvalue weighted by Gasteiger charge is 2.25. The molecule has 2 heterocycles. The van der Waals surface area contributed by atoms with Gasteiger partial charge in [0.05, 0.1) is 29.4 Å². The molecule has 0 radical (unpaired) electrons. The van der Waals surface area contributed by atoms with Crippen molar-refractivity contribution in [1.82, 2.24) is 16.0 Å². The molecular formula is C19H18ClN3O6S. The van der Waals surface area contributed by atoms with Crippen LogP contribution < -0.4 is 16.0 Å². The Kier molecular flexibility index (Phi) is 6.91. The zero-order chi connectivity index (χ0) is 21.7. The predicted molar refractivity (Wildman–Crippen MR) is 110 cm³/mol. The number of halogens is 1. The van der Waals surface area contributed by atoms with Crippen LogP contribution in [0.15, 0.2) is 35.5 Å². The number of esters is 2. The third-order valence-corrected chi connectivity index (χ3v) is 5.76. The van der Waals surface area contributed by atoms with Crippen molar-refractivity contribution in [3.05, 3.63) is 45.4 Å². The molecule has 0 unspecified atom stereocenters. The van der Waals surface area contributed by atoms with Crippen LogP contribution in [0.5, 0.6) is 0 Å². The summed E-state index contributed by atoms with van der Waals surface area (Å²) in [5.74, 6) is -1.87. The zero-order valence-electron chi connectivity index (χ0n) is 15.9. The minimum absolute atomic E-state index is 0.0429. The molecular weight excluding hydrogens is 434 g/mol. The van der Waals surface area contributed by atoms with Crippen molar-refractivity contribution in [2.75, 3.05) is 26.3 Å². The van der Waals surface area contributed by atoms with Gasteiger partial charge in [-0.3, -0.25) is 9.59 Å². The van der Waals surface area contributed by atoms with E-state index in [1.54, 1.807) is 13.0 Å². The molecule has 30 heavy (non-hydrogen) atoms. The first-order valence-electron chi connectivity index (χ1n) is 8.95. The van der Waals surface area contributed by atoms with Gasteiger partial charge in [-0.25, -0.2) is 9.59 Å². The average molecular weight is 452 g/mol. The quantitative estimate of drug-likeness (QED) is 0.553. The number of thiophene rings is 1. The molecule has 0 bridgehead atoms. The summed E-state index contributed by atoms with van der Waals surface area (Å²) in [5.41, 5.74) is 0.287. The summed E-state index contributed by atoms with van der Waals surface area (Å²) in [6, 6.07) is 6.79. The molecule has 0 saturated heterocycles. The molecule has 1 aliphatic heterocycles. The van der Waals surface area contributed by atoms with E-state index >= 15 is 0 Å². The molecule has 0 spiro atoms. The smallest absolute Gasteiger partial charge is 0.337 e. The topological polar surface area (TPSA) is 123 Å². The van der Waals surface area contributed by atoms with E-state index in [1.165, 1.54) is 11.3 Å². The monoisotopic (exact) mass is 451 g/mol. The van der Waals surface area contributed by atoms with Crippen molar-refractivity contribution in [2.24, 2.45) is 0 Å². The average Bonchev–Trinajstić information content (AvgIpc) is 3.07. The number of ether oxygens (including phenoxy) is 2. The molecule has 9 nitrogen and oxygen atoms in total. The fourth-order valence-electron chi connectivity index (χ4n) is 2.67. The Morgan fingerprint density at radius 1 is 1.23 bits per heavy atom. The molecule has 3 N–H and O–H groups in total. The number of hydrogen-bond donors (Lipinski definition) is 3. The van der Waals surface area contributed by atoms with Crippen LogP contribution in [0.1, 0.15) is 16.6 Å². The Morgan fingerprint density at radius 3 is 2.73 bits per heavy atom. The molecule has 1 aliphatic rings. The number of nitrogens with one attached hydrogen (secondary N) is 3. The van der Waals surface area contributed by atoms with E-state index in [4.69, 9.17) is 21.1 Å². The van der Waals surface area contributed by atoms with E-state index in [9.17, 15) is 19.2 Å². The number of hydrogen-bond acceptors (Lipinski definition) is 7. The second-order valence-electron chi connectivity index (χ2n) is 6.07. The van der Waals surface area contributed by atoms with Crippen LogP contribution in [0.3, 0.4) is 0 Å². The number of rotatable bonds is 7. The zero-order valence-corrected chi connectivity index (χ0v) is 17.4. The van der Waals surface area contributed by atoms with Crippen molar-refractivity contribution < 1.29 is 28.7 Å². The lowest BCUT2D eigenvalue weighted by atomic mass is 10.2. The van der Waals surface area contributed by atoms with Crippen LogP contribution in [-0.4, -0.2) is 50.2 Å². The highest BCUT2D eigenvalue weighted by Crippen LogP contribution is 2.34. The lowest BCUT2D eigenvalue weighted by Gasteiger charge is -2.21. The molecule has 0 atom stereocenters. The molecule has 158 valence electrons. The molecule has 11 heteroatoms. The molecule has 0 fully saturated rings. The van der Waals surface area contributed by atoms with Gasteiger partial charge < -0.3 is 25.4 Å². The standard InChI is InChI=1S/C19H18ClN3O6S/c1-2-28-18(26)11-7-22-19(27)23-12(11)9-29-14(24)8-21-17(25)16-15(20)10-5-3-4-6-13(10)30-16/h3-6H,2,7-9H2,1H3,(H,21,25)(H2,22,23,27). The summed E-state index contributed by atoms with van der Waals surface area (Å²) in [6.45, 7) is 1.02. The number of amides is 3. The van der Waals surface area contributed by atoms with Gasteiger partial charge in [-0.1, -0.05) is 29.8 Å². The Hall–Kier alpha value is -3.11. The van der Waals surface area contributed by atoms with E-state index in [2.05, 4.69) is 16.0 Å². The van der Waals surface area contributed by atoms with Gasteiger partial charge in [0, 0.05) is 10.1 Å². The molecule has 0 saturated carbocycles. The van der Waals surface area contributed by atoms with Gasteiger partial charge in [-0.2, -0.15) is 0 Å². The summed E-state index contributed by atoms with van der Waals surface area (Å²) in [7, 11) is 0. The van der Waals surface area contributed by atoms with Gasteiger partial charge in [0.25, 0.3) is 5.91 Å². The highest BCUT2D eigenvalue weighted by atomic mass is 35.5. The lowest BCUT2D eigenvalue weighted by Crippen LogP contribution is -2.45. The first kappa shape index (κ1) is 21.6. The number of carbonyl (C=O) groups excluding carboxylic acids is 4. The Labute approximate surface area is 180 Å². The highest BCUT2D eigenvalue weighted by molar-refractivity contribution is 7.21. The van der Waals surface area contributed by atoms with Gasteiger partial charge >= 0.3 is 18.0 Å². The molecule has 3 rings (SSSR count). The Balaban J connectivity index is 1.58. The maximum atomic E-state index is 12.4. The Morgan fingerprint density at radius 2 is 2.00 bits per heavy atom. The van der Waals surface area contributed by atoms with E-state index in [0.29, 0.717) is 9.90 Å². The maximum Gasteiger partial charge on any atom is 0.337 e. The normalized spacial score (nSPS) is 13.5. The molecule has 1 aromatic carbocycles.